The van der Waals surface area contributed by atoms with E-state index in [9.17, 15) is 13.7 Å². The van der Waals surface area contributed by atoms with Gasteiger partial charge in [-0.05, 0) is 72.8 Å². The molecule has 0 aliphatic rings. The minimum Gasteiger partial charge on any atom is -0.405 e. The predicted octanol–water partition coefficient (Wildman–Crippen LogP) is 6.81. The van der Waals surface area contributed by atoms with Crippen molar-refractivity contribution in [3.05, 3.63) is 182 Å². The highest BCUT2D eigenvalue weighted by molar-refractivity contribution is 7.82. The molecule has 14 N–H and O–H groups in total. The maximum absolute atomic E-state index is 12.3. The maximum atomic E-state index is 12.3. The zero-order chi connectivity index (χ0) is 65.8. The molecule has 0 fully saturated rings. The van der Waals surface area contributed by atoms with Gasteiger partial charge in [0, 0.05) is 125 Å². The molecule has 0 aliphatic carbocycles. The van der Waals surface area contributed by atoms with Gasteiger partial charge >= 0.3 is 22.6 Å². The predicted molar refractivity (Wildman–Crippen MR) is 319 cm³/mol. The molecule has 0 atom stereocenters. The first kappa shape index (κ1) is 101. The number of phosphoric acid groups is 2. The second kappa shape index (κ2) is 85.7. The Morgan fingerprint density at radius 1 is 0.235 bits per heavy atom. The van der Waals surface area contributed by atoms with Crippen LogP contribution in [-0.2, 0) is 22.7 Å². The van der Waals surface area contributed by atoms with Crippen LogP contribution in [0.25, 0.3) is 0 Å². The summed E-state index contributed by atoms with van der Waals surface area (Å²) in [4.78, 5) is 0. The van der Waals surface area contributed by atoms with E-state index in [4.69, 9.17) is 119 Å². The van der Waals surface area contributed by atoms with Gasteiger partial charge in [0.1, 0.15) is 34.5 Å². The van der Waals surface area contributed by atoms with E-state index in [1.54, 1.807) is 146 Å². The third kappa shape index (κ3) is 63.5. The van der Waals surface area contributed by atoms with Crippen LogP contribution in [-0.4, -0.2) is 185 Å². The normalized spacial score (nSPS) is 8.19. The summed E-state index contributed by atoms with van der Waals surface area (Å²) in [6.45, 7) is -3.66. The summed E-state index contributed by atoms with van der Waals surface area (Å²) in [5, 5.41) is 98.0. The van der Waals surface area contributed by atoms with Crippen LogP contribution in [0.5, 0.6) is 34.5 Å². The number of aliphatic hydroxyl groups excluding tert-OH is 14. The van der Waals surface area contributed by atoms with Crippen LogP contribution < -0.4 is 27.1 Å². The first-order valence-corrected chi connectivity index (χ1v) is 27.3. The third-order valence-electron chi connectivity index (χ3n) is 6.20. The van der Waals surface area contributed by atoms with Crippen molar-refractivity contribution >= 4 is 33.8 Å². The van der Waals surface area contributed by atoms with E-state index in [0.717, 1.165) is 99.5 Å². The number of halogens is 1. The molecule has 6 aromatic carbocycles. The number of benzene rings is 6. The Balaban J connectivity index is -0.0000000826. The van der Waals surface area contributed by atoms with E-state index in [-0.39, 0.29) is 0 Å². The van der Waals surface area contributed by atoms with Crippen molar-refractivity contribution in [1.29, 1.82) is 0 Å². The van der Waals surface area contributed by atoms with E-state index in [1.807, 2.05) is 36.4 Å². The Morgan fingerprint density at radius 3 is 0.457 bits per heavy atom. The number of aliphatic hydroxyl groups is 14. The van der Waals surface area contributed by atoms with Gasteiger partial charge < -0.3 is 98.6 Å². The second-order valence-corrected chi connectivity index (χ2v) is 15.8. The Bertz CT molecular complexity index is 1850. The minimum atomic E-state index is -3.66. The highest BCUT2D eigenvalue weighted by Gasteiger charge is 2.30. The standard InChI is InChI=1S/2C13H13O4P.C12H10ClO3P.14CH4O/c2*1-15-18(14,16-12-8-4-2-5-9-12)17-13-10-6-3-7-11-13;13-17(14,15-11-7-3-1-4-8-11)16-12-9-5-2-6-10-12;14*1-2/h2*2-11H,1H3;1-10H;14*2H,1H3. The molecular weight excluding hydrogens is 1150 g/mol. The van der Waals surface area contributed by atoms with Crippen molar-refractivity contribution < 1.29 is 121 Å². The molecule has 6 rings (SSSR count). The van der Waals surface area contributed by atoms with Crippen molar-refractivity contribution in [2.75, 3.05) is 114 Å². The molecule has 0 aromatic heterocycles. The lowest BCUT2D eigenvalue weighted by Gasteiger charge is -2.16. The minimum absolute atomic E-state index is 0.404. The number of rotatable bonds is 14. The van der Waals surface area contributed by atoms with Crippen molar-refractivity contribution in [3.63, 3.8) is 0 Å². The average molecular weight is 1250 g/mol. The maximum Gasteiger partial charge on any atom is 0.587 e. The van der Waals surface area contributed by atoms with Crippen LogP contribution in [0, 0.1) is 0 Å². The molecule has 0 spiro atoms. The molecule has 0 heterocycles. The van der Waals surface area contributed by atoms with Gasteiger partial charge in [0.2, 0.25) is 0 Å². The molecule has 0 aliphatic heterocycles. The molecule has 0 amide bonds. The van der Waals surface area contributed by atoms with E-state index in [2.05, 4.69) is 0 Å². The van der Waals surface area contributed by atoms with Crippen LogP contribution in [0.3, 0.4) is 0 Å². The van der Waals surface area contributed by atoms with Gasteiger partial charge in [0.15, 0.2) is 0 Å². The fourth-order valence-electron chi connectivity index (χ4n) is 3.86. The fourth-order valence-corrected chi connectivity index (χ4v) is 7.02. The van der Waals surface area contributed by atoms with Gasteiger partial charge in [-0.3, -0.25) is 9.05 Å². The summed E-state index contributed by atoms with van der Waals surface area (Å²) in [5.41, 5.74) is 0. The largest absolute Gasteiger partial charge is 0.587 e. The molecule has 0 saturated carbocycles. The smallest absolute Gasteiger partial charge is 0.405 e. The fraction of sp³-hybridized carbons (Fsp3) is 0.308. The third-order valence-corrected chi connectivity index (χ3v) is 10.1. The molecule has 0 radical (unpaired) electrons. The molecule has 472 valence electrons. The lowest BCUT2D eigenvalue weighted by molar-refractivity contribution is 0.248. The number of para-hydroxylation sites is 6. The Hall–Kier alpha value is -5.54. The quantitative estimate of drug-likeness (QED) is 0.0498. The van der Waals surface area contributed by atoms with E-state index >= 15 is 0 Å². The Kier molecular flexibility index (Phi) is 107. The van der Waals surface area contributed by atoms with Crippen LogP contribution in [0.15, 0.2) is 182 Å². The van der Waals surface area contributed by atoms with Crippen LogP contribution >= 0.6 is 33.8 Å². The first-order chi connectivity index (χ1) is 39.6. The van der Waals surface area contributed by atoms with E-state index < -0.39 is 22.6 Å². The summed E-state index contributed by atoms with van der Waals surface area (Å²) in [7, 11) is 9.28. The highest BCUT2D eigenvalue weighted by Crippen LogP contribution is 2.53. The van der Waals surface area contributed by atoms with Gasteiger partial charge in [-0.15, -0.1) is 0 Å². The first-order valence-electron chi connectivity index (χ1n) is 21.9. The molecule has 0 unspecified atom stereocenters. The molecule has 29 heteroatoms. The van der Waals surface area contributed by atoms with Gasteiger partial charge in [0.05, 0.1) is 0 Å². The van der Waals surface area contributed by atoms with Gasteiger partial charge in [0.25, 0.3) is 0 Å². The van der Waals surface area contributed by atoms with Crippen LogP contribution in [0.1, 0.15) is 0 Å². The Morgan fingerprint density at radius 2 is 0.346 bits per heavy atom. The summed E-state index contributed by atoms with van der Waals surface area (Å²) in [6, 6.07) is 52.3. The lowest BCUT2D eigenvalue weighted by Crippen LogP contribution is -2.02. The van der Waals surface area contributed by atoms with Crippen molar-refractivity contribution in [3.8, 4) is 34.5 Å². The van der Waals surface area contributed by atoms with E-state index in [1.165, 1.54) is 14.2 Å². The molecule has 6 aromatic rings. The summed E-state index contributed by atoms with van der Waals surface area (Å²) in [6.07, 6.45) is 0. The van der Waals surface area contributed by atoms with E-state index in [0.29, 0.717) is 34.5 Å². The number of phosphoric ester groups is 2. The van der Waals surface area contributed by atoms with Crippen molar-refractivity contribution in [2.24, 2.45) is 0 Å². The second-order valence-electron chi connectivity index (χ2n) is 10.1. The number of hydrogen-bond donors (Lipinski definition) is 14. The zero-order valence-electron chi connectivity index (χ0n) is 48.8. The van der Waals surface area contributed by atoms with Crippen molar-refractivity contribution in [1.82, 2.24) is 0 Å². The van der Waals surface area contributed by atoms with Crippen LogP contribution in [0.2, 0.25) is 0 Å². The molecule has 25 nitrogen and oxygen atoms in total. The highest BCUT2D eigenvalue weighted by atomic mass is 35.7. The van der Waals surface area contributed by atoms with Gasteiger partial charge in [-0.2, -0.15) is 0 Å². The van der Waals surface area contributed by atoms with Crippen LogP contribution in [0.4, 0.5) is 0 Å². The average Bonchev–Trinajstić information content (AvgIpc) is 3.57. The molecular formula is C52H92ClO25P3. The monoisotopic (exact) mass is 1240 g/mol. The molecule has 0 saturated heterocycles. The Labute approximate surface area is 483 Å². The summed E-state index contributed by atoms with van der Waals surface area (Å²) < 4.78 is 77.4. The van der Waals surface area contributed by atoms with Gasteiger partial charge in [-0.1, -0.05) is 109 Å². The summed E-state index contributed by atoms with van der Waals surface area (Å²) in [5.74, 6) is 2.53. The molecule has 0 bridgehead atoms. The SMILES string of the molecule is CO.CO.CO.CO.CO.CO.CO.CO.CO.CO.CO.CO.CO.CO.COP(=O)(Oc1ccccc1)Oc1ccccc1.COP(=O)(Oc1ccccc1)Oc1ccccc1.O=P(Cl)(Oc1ccccc1)Oc1ccccc1. The molecule has 81 heavy (non-hydrogen) atoms. The number of hydrogen-bond acceptors (Lipinski definition) is 25. The summed E-state index contributed by atoms with van der Waals surface area (Å²) >= 11 is 5.72. The van der Waals surface area contributed by atoms with Gasteiger partial charge in [-0.25, -0.2) is 13.7 Å². The topological polar surface area (TPSA) is 408 Å². The lowest BCUT2D eigenvalue weighted by atomic mass is 10.3. The zero-order valence-corrected chi connectivity index (χ0v) is 52.2. The van der Waals surface area contributed by atoms with Crippen molar-refractivity contribution in [2.45, 2.75) is 0 Å².